The van der Waals surface area contributed by atoms with Crippen LogP contribution >= 0.6 is 11.6 Å². The van der Waals surface area contributed by atoms with E-state index in [0.29, 0.717) is 36.0 Å². The zero-order valence-corrected chi connectivity index (χ0v) is 13.4. The number of nitrogen functional groups attached to an aromatic ring is 1. The summed E-state index contributed by atoms with van der Waals surface area (Å²) in [6.07, 6.45) is 2.78. The maximum absolute atomic E-state index is 11.7. The van der Waals surface area contributed by atoms with Crippen molar-refractivity contribution in [1.82, 2.24) is 5.32 Å². The molecule has 0 aromatic heterocycles. The van der Waals surface area contributed by atoms with Crippen LogP contribution in [0.25, 0.3) is 0 Å². The second kappa shape index (κ2) is 10.0. The van der Waals surface area contributed by atoms with Crippen molar-refractivity contribution >= 4 is 34.8 Å². The van der Waals surface area contributed by atoms with Crippen molar-refractivity contribution in [2.45, 2.75) is 26.2 Å². The van der Waals surface area contributed by atoms with Crippen LogP contribution in [0.1, 0.15) is 26.2 Å². The zero-order chi connectivity index (χ0) is 16.4. The molecule has 0 atom stereocenters. The molecule has 122 valence electrons. The summed E-state index contributed by atoms with van der Waals surface area (Å²) in [4.78, 5) is 23.3. The topological polar surface area (TPSA) is 93.4 Å². The average Bonchev–Trinajstić information content (AvgIpc) is 2.49. The molecule has 2 amide bonds. The van der Waals surface area contributed by atoms with Gasteiger partial charge in [0, 0.05) is 25.4 Å². The number of amides is 2. The van der Waals surface area contributed by atoms with E-state index in [9.17, 15) is 9.59 Å². The third-order valence-corrected chi connectivity index (χ3v) is 3.19. The Kier molecular flexibility index (Phi) is 8.32. The molecule has 0 bridgehead atoms. The van der Waals surface area contributed by atoms with Crippen LogP contribution in [0.5, 0.6) is 0 Å². The fourth-order valence-corrected chi connectivity index (χ4v) is 1.78. The Bertz CT molecular complexity index is 509. The number of anilines is 2. The first-order valence-corrected chi connectivity index (χ1v) is 7.64. The average molecular weight is 328 g/mol. The van der Waals surface area contributed by atoms with Gasteiger partial charge in [-0.25, -0.2) is 0 Å². The highest BCUT2D eigenvalue weighted by Gasteiger charge is 2.13. The number of hydrogen-bond donors (Lipinski definition) is 3. The fourth-order valence-electron chi connectivity index (χ4n) is 1.60. The molecule has 1 aromatic rings. The van der Waals surface area contributed by atoms with E-state index in [1.807, 2.05) is 0 Å². The van der Waals surface area contributed by atoms with Gasteiger partial charge in [0.15, 0.2) is 0 Å². The summed E-state index contributed by atoms with van der Waals surface area (Å²) >= 11 is 5.84. The van der Waals surface area contributed by atoms with E-state index in [1.54, 1.807) is 12.1 Å². The molecule has 0 saturated carbocycles. The van der Waals surface area contributed by atoms with Gasteiger partial charge in [-0.2, -0.15) is 0 Å². The smallest absolute Gasteiger partial charge is 0.313 e. The number of hydrogen-bond acceptors (Lipinski definition) is 4. The summed E-state index contributed by atoms with van der Waals surface area (Å²) < 4.78 is 5.36. The first-order chi connectivity index (χ1) is 10.5. The second-order valence-electron chi connectivity index (χ2n) is 4.77. The number of halogens is 1. The van der Waals surface area contributed by atoms with E-state index in [0.717, 1.165) is 19.4 Å². The molecule has 1 rings (SSSR count). The minimum absolute atomic E-state index is 0.322. The predicted octanol–water partition coefficient (Wildman–Crippen LogP) is 2.18. The number of rotatable bonds is 8. The minimum atomic E-state index is -0.743. The molecule has 22 heavy (non-hydrogen) atoms. The van der Waals surface area contributed by atoms with Crippen molar-refractivity contribution in [2.75, 3.05) is 30.8 Å². The van der Waals surface area contributed by atoms with Crippen LogP contribution in [0.15, 0.2) is 18.2 Å². The zero-order valence-electron chi connectivity index (χ0n) is 12.7. The van der Waals surface area contributed by atoms with Crippen LogP contribution in [0.4, 0.5) is 11.4 Å². The summed E-state index contributed by atoms with van der Waals surface area (Å²) in [6, 6.07) is 4.63. The predicted molar refractivity (Wildman–Crippen MR) is 87.8 cm³/mol. The van der Waals surface area contributed by atoms with Gasteiger partial charge in [0.1, 0.15) is 0 Å². The lowest BCUT2D eigenvalue weighted by atomic mass is 10.3. The third-order valence-electron chi connectivity index (χ3n) is 2.86. The van der Waals surface area contributed by atoms with Gasteiger partial charge in [-0.15, -0.1) is 0 Å². The summed E-state index contributed by atoms with van der Waals surface area (Å²) in [5.74, 6) is -1.44. The summed E-state index contributed by atoms with van der Waals surface area (Å²) in [7, 11) is 0. The molecule has 0 heterocycles. The molecule has 4 N–H and O–H groups in total. The summed E-state index contributed by atoms with van der Waals surface area (Å²) in [6.45, 7) is 3.77. The number of ether oxygens (including phenoxy) is 1. The minimum Gasteiger partial charge on any atom is -0.398 e. The lowest BCUT2D eigenvalue weighted by molar-refractivity contribution is -0.136. The highest BCUT2D eigenvalue weighted by molar-refractivity contribution is 6.40. The number of benzene rings is 1. The normalized spacial score (nSPS) is 10.3. The van der Waals surface area contributed by atoms with Crippen LogP contribution in [0.3, 0.4) is 0 Å². The maximum atomic E-state index is 11.7. The maximum Gasteiger partial charge on any atom is 0.313 e. The molecule has 0 saturated heterocycles. The SMILES string of the molecule is CCCCOCCCNC(=O)C(=O)Nc1ccc(N)c(Cl)c1. The Hall–Kier alpha value is -1.79. The number of carbonyl (C=O) groups is 2. The molecule has 0 spiro atoms. The molecular weight excluding hydrogens is 306 g/mol. The second-order valence-corrected chi connectivity index (χ2v) is 5.17. The van der Waals surface area contributed by atoms with Gasteiger partial charge in [-0.05, 0) is 31.0 Å². The first kappa shape index (κ1) is 18.3. The Labute approximate surface area is 135 Å². The van der Waals surface area contributed by atoms with Gasteiger partial charge in [0.2, 0.25) is 0 Å². The van der Waals surface area contributed by atoms with Gasteiger partial charge in [-0.1, -0.05) is 24.9 Å². The highest BCUT2D eigenvalue weighted by Crippen LogP contribution is 2.22. The molecule has 0 aliphatic heterocycles. The van der Waals surface area contributed by atoms with Gasteiger partial charge in [0.25, 0.3) is 0 Å². The van der Waals surface area contributed by atoms with Crippen molar-refractivity contribution in [3.63, 3.8) is 0 Å². The van der Waals surface area contributed by atoms with Gasteiger partial charge < -0.3 is 21.1 Å². The van der Waals surface area contributed by atoms with Crippen molar-refractivity contribution in [2.24, 2.45) is 0 Å². The van der Waals surface area contributed by atoms with E-state index in [-0.39, 0.29) is 0 Å². The van der Waals surface area contributed by atoms with Gasteiger partial charge in [0.05, 0.1) is 10.7 Å². The molecular formula is C15H22ClN3O3. The number of nitrogens with two attached hydrogens (primary N) is 1. The Morgan fingerprint density at radius 3 is 2.64 bits per heavy atom. The van der Waals surface area contributed by atoms with Crippen molar-refractivity contribution in [1.29, 1.82) is 0 Å². The molecule has 6 nitrogen and oxygen atoms in total. The van der Waals surface area contributed by atoms with E-state index in [1.165, 1.54) is 6.07 Å². The lowest BCUT2D eigenvalue weighted by Gasteiger charge is -2.08. The first-order valence-electron chi connectivity index (χ1n) is 7.26. The number of unbranched alkanes of at least 4 members (excludes halogenated alkanes) is 1. The molecule has 0 radical (unpaired) electrons. The highest BCUT2D eigenvalue weighted by atomic mass is 35.5. The monoisotopic (exact) mass is 327 g/mol. The number of nitrogens with one attached hydrogen (secondary N) is 2. The third kappa shape index (κ3) is 6.78. The lowest BCUT2D eigenvalue weighted by Crippen LogP contribution is -2.36. The van der Waals surface area contributed by atoms with Crippen molar-refractivity contribution in [3.05, 3.63) is 23.2 Å². The molecule has 0 unspecified atom stereocenters. The number of carbonyl (C=O) groups excluding carboxylic acids is 2. The van der Waals surface area contributed by atoms with E-state index >= 15 is 0 Å². The Balaban J connectivity index is 2.24. The van der Waals surface area contributed by atoms with E-state index in [2.05, 4.69) is 17.6 Å². The van der Waals surface area contributed by atoms with Crippen LogP contribution in [-0.4, -0.2) is 31.6 Å². The van der Waals surface area contributed by atoms with Gasteiger partial charge in [-0.3, -0.25) is 9.59 Å². The van der Waals surface area contributed by atoms with Crippen LogP contribution in [0, 0.1) is 0 Å². The molecule has 0 aliphatic carbocycles. The largest absolute Gasteiger partial charge is 0.398 e. The molecule has 1 aromatic carbocycles. The van der Waals surface area contributed by atoms with Crippen LogP contribution in [-0.2, 0) is 14.3 Å². The molecule has 0 fully saturated rings. The van der Waals surface area contributed by atoms with Gasteiger partial charge >= 0.3 is 11.8 Å². The van der Waals surface area contributed by atoms with Crippen molar-refractivity contribution < 1.29 is 14.3 Å². The quantitative estimate of drug-likeness (QED) is 0.387. The van der Waals surface area contributed by atoms with Crippen LogP contribution < -0.4 is 16.4 Å². The summed E-state index contributed by atoms with van der Waals surface area (Å²) in [5.41, 5.74) is 6.40. The standard InChI is InChI=1S/C15H22ClN3O3/c1-2-3-8-22-9-4-7-18-14(20)15(21)19-11-5-6-13(17)12(16)10-11/h5-6,10H,2-4,7-9,17H2,1H3,(H,18,20)(H,19,21). The van der Waals surface area contributed by atoms with E-state index in [4.69, 9.17) is 22.1 Å². The van der Waals surface area contributed by atoms with Crippen molar-refractivity contribution in [3.8, 4) is 0 Å². The molecule has 7 heteroatoms. The van der Waals surface area contributed by atoms with Crippen LogP contribution in [0.2, 0.25) is 5.02 Å². The Morgan fingerprint density at radius 1 is 1.23 bits per heavy atom. The fraction of sp³-hybridized carbons (Fsp3) is 0.467. The molecule has 0 aliphatic rings. The Morgan fingerprint density at radius 2 is 1.95 bits per heavy atom. The summed E-state index contributed by atoms with van der Waals surface area (Å²) in [5, 5.41) is 5.31. The van der Waals surface area contributed by atoms with E-state index < -0.39 is 11.8 Å².